The Labute approximate surface area is 100 Å². The number of aromatic nitrogens is 2. The molecule has 1 heterocycles. The molecule has 0 amide bonds. The fourth-order valence-corrected chi connectivity index (χ4v) is 2.30. The minimum absolute atomic E-state index is 0.147. The summed E-state index contributed by atoms with van der Waals surface area (Å²) in [5.41, 5.74) is 0. The molecule has 0 bridgehead atoms. The highest BCUT2D eigenvalue weighted by Gasteiger charge is 2.14. The summed E-state index contributed by atoms with van der Waals surface area (Å²) in [6, 6.07) is 0. The third-order valence-electron chi connectivity index (χ3n) is 1.40. The fourth-order valence-electron chi connectivity index (χ4n) is 0.723. The van der Waals surface area contributed by atoms with Gasteiger partial charge in [0.2, 0.25) is 5.01 Å². The van der Waals surface area contributed by atoms with Crippen LogP contribution in [-0.2, 0) is 14.3 Å². The normalized spacial score (nSPS) is 9.88. The summed E-state index contributed by atoms with van der Waals surface area (Å²) < 4.78 is 9.76. The Morgan fingerprint density at radius 2 is 2.19 bits per heavy atom. The molecule has 0 saturated carbocycles. The van der Waals surface area contributed by atoms with Crippen LogP contribution in [-0.4, -0.2) is 41.6 Å². The largest absolute Gasteiger partial charge is 0.468 e. The van der Waals surface area contributed by atoms with Crippen LogP contribution < -0.4 is 0 Å². The molecule has 1 aromatic heterocycles. The van der Waals surface area contributed by atoms with Crippen LogP contribution in [0.25, 0.3) is 0 Å². The number of hydrogen-bond acceptors (Lipinski definition) is 8. The number of hydrogen-bond donors (Lipinski definition) is 0. The molecule has 0 spiro atoms. The van der Waals surface area contributed by atoms with Crippen molar-refractivity contribution in [1.29, 1.82) is 0 Å². The lowest BCUT2D eigenvalue weighted by molar-refractivity contribution is -0.137. The van der Waals surface area contributed by atoms with Crippen molar-refractivity contribution in [3.8, 4) is 0 Å². The molecule has 0 unspecified atom stereocenters. The molecule has 6 nitrogen and oxygen atoms in total. The molecule has 88 valence electrons. The molecule has 0 aliphatic carbocycles. The van der Waals surface area contributed by atoms with E-state index < -0.39 is 5.97 Å². The zero-order chi connectivity index (χ0) is 12.0. The molecule has 0 atom stereocenters. The van der Waals surface area contributed by atoms with Crippen molar-refractivity contribution >= 4 is 35.0 Å². The molecule has 0 radical (unpaired) electrons. The molecule has 0 fully saturated rings. The van der Waals surface area contributed by atoms with Crippen LogP contribution in [0.3, 0.4) is 0 Å². The van der Waals surface area contributed by atoms with E-state index in [1.165, 1.54) is 18.9 Å². The van der Waals surface area contributed by atoms with Crippen LogP contribution in [0.5, 0.6) is 0 Å². The molecule has 0 aliphatic rings. The van der Waals surface area contributed by atoms with E-state index in [1.54, 1.807) is 6.92 Å². The molecule has 0 aromatic carbocycles. The second kappa shape index (κ2) is 6.44. The standard InChI is InChI=1S/C8H10N2O4S2/c1-3-14-7(12)6-9-10-8(16-6)15-4-5(11)13-2/h3-4H2,1-2H3. The Bertz CT molecular complexity index is 380. The highest BCUT2D eigenvalue weighted by Crippen LogP contribution is 2.22. The lowest BCUT2D eigenvalue weighted by Gasteiger charge is -1.95. The van der Waals surface area contributed by atoms with E-state index in [1.807, 2.05) is 0 Å². The SMILES string of the molecule is CCOC(=O)c1nnc(SCC(=O)OC)s1. The first-order valence-electron chi connectivity index (χ1n) is 4.37. The second-order valence-corrected chi connectivity index (χ2v) is 4.66. The summed E-state index contributed by atoms with van der Waals surface area (Å²) >= 11 is 2.26. The maximum Gasteiger partial charge on any atom is 0.369 e. The minimum Gasteiger partial charge on any atom is -0.468 e. The average Bonchev–Trinajstić information content (AvgIpc) is 2.75. The molecule has 16 heavy (non-hydrogen) atoms. The number of esters is 2. The van der Waals surface area contributed by atoms with Gasteiger partial charge in [-0.25, -0.2) is 4.79 Å². The smallest absolute Gasteiger partial charge is 0.369 e. The molecule has 0 N–H and O–H groups in total. The van der Waals surface area contributed by atoms with Crippen molar-refractivity contribution in [3.05, 3.63) is 5.01 Å². The van der Waals surface area contributed by atoms with Crippen molar-refractivity contribution < 1.29 is 19.1 Å². The van der Waals surface area contributed by atoms with Crippen molar-refractivity contribution in [2.45, 2.75) is 11.3 Å². The zero-order valence-electron chi connectivity index (χ0n) is 8.76. The fraction of sp³-hybridized carbons (Fsp3) is 0.500. The van der Waals surface area contributed by atoms with Crippen LogP contribution in [0.2, 0.25) is 0 Å². The number of ether oxygens (including phenoxy) is 2. The van der Waals surface area contributed by atoms with Gasteiger partial charge in [0, 0.05) is 0 Å². The molecule has 0 aliphatic heterocycles. The number of carbonyl (C=O) groups excluding carboxylic acids is 2. The molecule has 1 rings (SSSR count). The first-order valence-corrected chi connectivity index (χ1v) is 6.17. The number of carbonyl (C=O) groups is 2. The van der Waals surface area contributed by atoms with Gasteiger partial charge in [0.25, 0.3) is 0 Å². The summed E-state index contributed by atoms with van der Waals surface area (Å²) in [5.74, 6) is -0.698. The van der Waals surface area contributed by atoms with Gasteiger partial charge in [0.15, 0.2) is 4.34 Å². The third-order valence-corrected chi connectivity index (χ3v) is 3.41. The van der Waals surface area contributed by atoms with Crippen molar-refractivity contribution in [3.63, 3.8) is 0 Å². The second-order valence-electron chi connectivity index (χ2n) is 2.46. The van der Waals surface area contributed by atoms with E-state index in [4.69, 9.17) is 4.74 Å². The zero-order valence-corrected chi connectivity index (χ0v) is 10.4. The van der Waals surface area contributed by atoms with Gasteiger partial charge >= 0.3 is 11.9 Å². The lowest BCUT2D eigenvalue weighted by Crippen LogP contribution is -2.03. The Kier molecular flexibility index (Phi) is 5.20. The number of methoxy groups -OCH3 is 1. The van der Waals surface area contributed by atoms with E-state index in [-0.39, 0.29) is 16.7 Å². The quantitative estimate of drug-likeness (QED) is 0.578. The first kappa shape index (κ1) is 12.9. The highest BCUT2D eigenvalue weighted by atomic mass is 32.2. The van der Waals surface area contributed by atoms with Gasteiger partial charge in [-0.1, -0.05) is 23.1 Å². The Morgan fingerprint density at radius 3 is 2.81 bits per heavy atom. The van der Waals surface area contributed by atoms with Gasteiger partial charge < -0.3 is 9.47 Å². The van der Waals surface area contributed by atoms with Gasteiger partial charge in [-0.15, -0.1) is 10.2 Å². The van der Waals surface area contributed by atoms with Crippen molar-refractivity contribution in [2.75, 3.05) is 19.5 Å². The lowest BCUT2D eigenvalue weighted by atomic mass is 10.7. The van der Waals surface area contributed by atoms with Gasteiger partial charge in [0.05, 0.1) is 19.5 Å². The van der Waals surface area contributed by atoms with Crippen LogP contribution >= 0.6 is 23.1 Å². The number of thioether (sulfide) groups is 1. The predicted molar refractivity (Wildman–Crippen MR) is 58.6 cm³/mol. The van der Waals surface area contributed by atoms with Crippen LogP contribution in [0, 0.1) is 0 Å². The Hall–Kier alpha value is -1.15. The first-order chi connectivity index (χ1) is 7.67. The van der Waals surface area contributed by atoms with E-state index >= 15 is 0 Å². The summed E-state index contributed by atoms with van der Waals surface area (Å²) in [6.45, 7) is 2.01. The van der Waals surface area contributed by atoms with Gasteiger partial charge in [-0.3, -0.25) is 4.79 Å². The maximum absolute atomic E-state index is 11.2. The monoisotopic (exact) mass is 262 g/mol. The summed E-state index contributed by atoms with van der Waals surface area (Å²) in [7, 11) is 1.31. The summed E-state index contributed by atoms with van der Waals surface area (Å²) in [6.07, 6.45) is 0. The summed E-state index contributed by atoms with van der Waals surface area (Å²) in [4.78, 5) is 22.1. The third kappa shape index (κ3) is 3.78. The number of nitrogens with zero attached hydrogens (tertiary/aromatic N) is 2. The summed E-state index contributed by atoms with van der Waals surface area (Å²) in [5, 5.41) is 7.60. The Balaban J connectivity index is 2.51. The topological polar surface area (TPSA) is 78.4 Å². The average molecular weight is 262 g/mol. The molecule has 1 aromatic rings. The van der Waals surface area contributed by atoms with E-state index in [0.717, 1.165) is 11.3 Å². The minimum atomic E-state index is -0.495. The van der Waals surface area contributed by atoms with Crippen LogP contribution in [0.1, 0.15) is 16.7 Å². The highest BCUT2D eigenvalue weighted by molar-refractivity contribution is 8.01. The molecular formula is C8H10N2O4S2. The molecule has 0 saturated heterocycles. The van der Waals surface area contributed by atoms with Gasteiger partial charge in [-0.2, -0.15) is 0 Å². The van der Waals surface area contributed by atoms with Gasteiger partial charge in [0.1, 0.15) is 0 Å². The van der Waals surface area contributed by atoms with E-state index in [0.29, 0.717) is 10.9 Å². The van der Waals surface area contributed by atoms with Gasteiger partial charge in [-0.05, 0) is 6.92 Å². The molecular weight excluding hydrogens is 252 g/mol. The molecule has 8 heteroatoms. The van der Waals surface area contributed by atoms with Crippen molar-refractivity contribution in [2.24, 2.45) is 0 Å². The van der Waals surface area contributed by atoms with Crippen LogP contribution in [0.15, 0.2) is 4.34 Å². The van der Waals surface area contributed by atoms with Crippen LogP contribution in [0.4, 0.5) is 0 Å². The van der Waals surface area contributed by atoms with Crippen molar-refractivity contribution in [1.82, 2.24) is 10.2 Å². The number of rotatable bonds is 5. The van der Waals surface area contributed by atoms with E-state index in [9.17, 15) is 9.59 Å². The van der Waals surface area contributed by atoms with E-state index in [2.05, 4.69) is 14.9 Å². The Morgan fingerprint density at radius 1 is 1.44 bits per heavy atom. The predicted octanol–water partition coefficient (Wildman–Crippen LogP) is 0.980. The maximum atomic E-state index is 11.2.